The van der Waals surface area contributed by atoms with E-state index in [1.54, 1.807) is 0 Å². The smallest absolute Gasteiger partial charge is 0.303 e. The van der Waals surface area contributed by atoms with Crippen molar-refractivity contribution in [3.05, 3.63) is 0 Å². The van der Waals surface area contributed by atoms with Crippen LogP contribution in [-0.4, -0.2) is 90.9 Å². The third-order valence-electron chi connectivity index (χ3n) is 13.1. The fourth-order valence-corrected chi connectivity index (χ4v) is 11.9. The predicted octanol–water partition coefficient (Wildman–Crippen LogP) is 6.01. The van der Waals surface area contributed by atoms with Gasteiger partial charge in [-0.3, -0.25) is 19.2 Å². The number of ketones is 2. The van der Waals surface area contributed by atoms with Crippen molar-refractivity contribution in [3.8, 4) is 0 Å². The Morgan fingerprint density at radius 1 is 0.750 bits per heavy atom. The van der Waals surface area contributed by atoms with Crippen LogP contribution in [0.3, 0.4) is 0 Å². The normalized spacial score (nSPS) is 40.4. The van der Waals surface area contributed by atoms with Crippen LogP contribution in [0.4, 0.5) is 0 Å². The van der Waals surface area contributed by atoms with E-state index in [0.717, 1.165) is 51.0 Å². The molecule has 0 aromatic heterocycles. The van der Waals surface area contributed by atoms with Gasteiger partial charge in [-0.15, -0.1) is 0 Å². The molecule has 10 atom stereocenters. The minimum absolute atomic E-state index is 0.00676. The summed E-state index contributed by atoms with van der Waals surface area (Å²) in [5.41, 5.74) is -0.293. The SMILES string of the molecule is CC(=O)O[C@@H]1C(=O)C[C@@H]2C13CC[C@H](OCOCC[Si](C)(C)C)[C@@]23C.CC(=O)O[C@H]1C(=O)CC23CC[C@H](OCOCC[Si](C)(C)C)[C@@]2(C)[C@H]13. The van der Waals surface area contributed by atoms with Gasteiger partial charge in [-0.2, -0.15) is 0 Å². The highest BCUT2D eigenvalue weighted by Crippen LogP contribution is 2.84. The second kappa shape index (κ2) is 13.3. The van der Waals surface area contributed by atoms with Gasteiger partial charge < -0.3 is 28.4 Å². The van der Waals surface area contributed by atoms with E-state index in [4.69, 9.17) is 28.4 Å². The summed E-state index contributed by atoms with van der Waals surface area (Å²) >= 11 is 0. The molecule has 2 unspecified atom stereocenters. The fourth-order valence-electron chi connectivity index (χ4n) is 10.4. The zero-order chi connectivity index (χ0) is 35.5. The Kier molecular flexibility index (Phi) is 10.4. The van der Waals surface area contributed by atoms with E-state index >= 15 is 0 Å². The lowest BCUT2D eigenvalue weighted by Gasteiger charge is -2.26. The van der Waals surface area contributed by atoms with Crippen molar-refractivity contribution in [2.75, 3.05) is 26.8 Å². The van der Waals surface area contributed by atoms with Crippen LogP contribution in [0.15, 0.2) is 0 Å². The molecule has 6 saturated carbocycles. The Morgan fingerprint density at radius 3 is 1.79 bits per heavy atom. The topological polar surface area (TPSA) is 124 Å². The Morgan fingerprint density at radius 2 is 1.27 bits per heavy atom. The molecule has 272 valence electrons. The standard InChI is InChI=1S/2C18H30O5Si/c1-12(19)23-16-13(20)10-14-17(2)15(6-7-18(14,16)17)22-11-21-8-9-24(3,4)5;1-12(19)23-15-13(20)10-18-7-6-14(17(18,2)16(15)18)22-11-21-8-9-24(3,4)5/h2*14-16H,6-11H2,1-5H3/t14-,15-,16+,17+,18?;14-,15-,16-,17-,18?/m00/s1. The summed E-state index contributed by atoms with van der Waals surface area (Å²) < 4.78 is 34.2. The number of carbonyl (C=O) groups excluding carboxylic acids is 4. The molecule has 0 bridgehead atoms. The van der Waals surface area contributed by atoms with Gasteiger partial charge in [0.15, 0.2) is 23.8 Å². The summed E-state index contributed by atoms with van der Waals surface area (Å²) in [6.07, 6.45) is 3.88. The summed E-state index contributed by atoms with van der Waals surface area (Å²) in [7, 11) is -2.15. The molecule has 0 N–H and O–H groups in total. The molecule has 0 aliphatic heterocycles. The molecule has 6 rings (SSSR count). The molecule has 0 aromatic rings. The summed E-state index contributed by atoms with van der Waals surface area (Å²) in [5, 5.41) is 0. The lowest BCUT2D eigenvalue weighted by atomic mass is 9.88. The maximum atomic E-state index is 12.2. The minimum atomic E-state index is -1.08. The molecule has 10 nitrogen and oxygen atoms in total. The van der Waals surface area contributed by atoms with Crippen molar-refractivity contribution in [3.63, 3.8) is 0 Å². The maximum Gasteiger partial charge on any atom is 0.303 e. The summed E-state index contributed by atoms with van der Waals surface area (Å²) in [6, 6.07) is 2.27. The third kappa shape index (κ3) is 6.55. The first-order valence-corrected chi connectivity index (χ1v) is 25.4. The Labute approximate surface area is 289 Å². The first-order valence-electron chi connectivity index (χ1n) is 18.0. The highest BCUT2D eigenvalue weighted by atomic mass is 28.3. The summed E-state index contributed by atoms with van der Waals surface area (Å²) in [6.45, 7) is 23.3. The number of Topliss-reactive ketones (excluding diaryl/α,β-unsaturated/α-hetero) is 2. The van der Waals surface area contributed by atoms with Gasteiger partial charge in [0.1, 0.15) is 13.6 Å². The van der Waals surface area contributed by atoms with Crippen LogP contribution < -0.4 is 0 Å². The highest BCUT2D eigenvalue weighted by Gasteiger charge is 2.87. The van der Waals surface area contributed by atoms with Gasteiger partial charge in [-0.05, 0) is 49.1 Å². The Balaban J connectivity index is 0.000000188. The van der Waals surface area contributed by atoms with Crippen molar-refractivity contribution in [2.45, 2.75) is 142 Å². The number of hydrogen-bond acceptors (Lipinski definition) is 10. The molecule has 2 spiro atoms. The number of ether oxygens (including phenoxy) is 6. The van der Waals surface area contributed by atoms with Crippen molar-refractivity contribution >= 4 is 39.7 Å². The highest BCUT2D eigenvalue weighted by molar-refractivity contribution is 6.76. The first kappa shape index (κ1) is 37.8. The molecule has 6 aliphatic rings. The zero-order valence-electron chi connectivity index (χ0n) is 31.0. The minimum Gasteiger partial charge on any atom is -0.454 e. The van der Waals surface area contributed by atoms with Crippen LogP contribution in [-0.2, 0) is 47.6 Å². The van der Waals surface area contributed by atoms with E-state index in [-0.39, 0.29) is 63.3 Å². The second-order valence-electron chi connectivity index (χ2n) is 18.2. The molecular weight excluding hydrogens is 649 g/mol. The average Bonchev–Trinajstić information content (AvgIpc) is 3.27. The first-order chi connectivity index (χ1) is 22.2. The zero-order valence-corrected chi connectivity index (χ0v) is 33.0. The van der Waals surface area contributed by atoms with Gasteiger partial charge in [0.25, 0.3) is 0 Å². The molecule has 6 fully saturated rings. The lowest BCUT2D eigenvalue weighted by Crippen LogP contribution is -2.36. The average molecular weight is 709 g/mol. The second-order valence-corrected chi connectivity index (χ2v) is 29.4. The summed E-state index contributed by atoms with van der Waals surface area (Å²) in [5.74, 6) is -0.146. The molecule has 48 heavy (non-hydrogen) atoms. The molecule has 0 amide bonds. The molecule has 0 heterocycles. The molecule has 0 saturated heterocycles. The molecule has 0 aromatic carbocycles. The van der Waals surface area contributed by atoms with Crippen LogP contribution in [0.1, 0.15) is 66.2 Å². The van der Waals surface area contributed by atoms with Gasteiger partial charge in [-0.25, -0.2) is 0 Å². The predicted molar refractivity (Wildman–Crippen MR) is 185 cm³/mol. The van der Waals surface area contributed by atoms with Crippen LogP contribution in [0.2, 0.25) is 51.4 Å². The van der Waals surface area contributed by atoms with E-state index in [1.165, 1.54) is 13.8 Å². The van der Waals surface area contributed by atoms with Crippen molar-refractivity contribution < 1.29 is 47.6 Å². The number of fused-ring (bicyclic) bond motifs is 2. The Bertz CT molecular complexity index is 1250. The van der Waals surface area contributed by atoms with E-state index in [1.807, 2.05) is 0 Å². The van der Waals surface area contributed by atoms with Crippen molar-refractivity contribution in [1.29, 1.82) is 0 Å². The van der Waals surface area contributed by atoms with Gasteiger partial charge in [-0.1, -0.05) is 53.1 Å². The van der Waals surface area contributed by atoms with Crippen molar-refractivity contribution in [2.24, 2.45) is 33.5 Å². The van der Waals surface area contributed by atoms with Crippen molar-refractivity contribution in [1.82, 2.24) is 0 Å². The van der Waals surface area contributed by atoms with Gasteiger partial charge in [0.2, 0.25) is 0 Å². The monoisotopic (exact) mass is 708 g/mol. The lowest BCUT2D eigenvalue weighted by molar-refractivity contribution is -0.157. The Hall–Kier alpha value is -1.45. The van der Waals surface area contributed by atoms with E-state index in [2.05, 4.69) is 53.1 Å². The van der Waals surface area contributed by atoms with E-state index in [0.29, 0.717) is 32.3 Å². The maximum absolute atomic E-state index is 12.2. The number of esters is 2. The number of hydrogen-bond donors (Lipinski definition) is 0. The third-order valence-corrected chi connectivity index (χ3v) is 16.5. The molecular formula is C36H60O10Si2. The molecule has 0 radical (unpaired) electrons. The summed E-state index contributed by atoms with van der Waals surface area (Å²) in [4.78, 5) is 47.1. The van der Waals surface area contributed by atoms with E-state index < -0.39 is 28.4 Å². The van der Waals surface area contributed by atoms with Crippen LogP contribution >= 0.6 is 0 Å². The quantitative estimate of drug-likeness (QED) is 0.0918. The van der Waals surface area contributed by atoms with E-state index in [9.17, 15) is 19.2 Å². The van der Waals surface area contributed by atoms with Gasteiger partial charge >= 0.3 is 11.9 Å². The molecule has 6 aliphatic carbocycles. The van der Waals surface area contributed by atoms with Gasteiger partial charge in [0.05, 0.1) is 12.2 Å². The van der Waals surface area contributed by atoms with Crippen LogP contribution in [0, 0.1) is 33.5 Å². The van der Waals surface area contributed by atoms with Gasteiger partial charge in [0, 0.05) is 78.2 Å². The van der Waals surface area contributed by atoms with Crippen LogP contribution in [0.5, 0.6) is 0 Å². The fraction of sp³-hybridized carbons (Fsp3) is 0.889. The number of carbonyl (C=O) groups is 4. The largest absolute Gasteiger partial charge is 0.454 e. The molecule has 12 heteroatoms. The van der Waals surface area contributed by atoms with Crippen LogP contribution in [0.25, 0.3) is 0 Å². The number of rotatable bonds is 14.